The molecule has 1 aromatic carbocycles. The second-order valence-electron chi connectivity index (χ2n) is 2.87. The summed E-state index contributed by atoms with van der Waals surface area (Å²) in [4.78, 5) is -0.0156. The first kappa shape index (κ1) is 13.9. The van der Waals surface area contributed by atoms with Crippen LogP contribution in [0.2, 0.25) is 0 Å². The fourth-order valence-electron chi connectivity index (χ4n) is 0.958. The van der Waals surface area contributed by atoms with Crippen LogP contribution in [0.4, 0.5) is 18.9 Å². The Labute approximate surface area is 105 Å². The zero-order valence-electron chi connectivity index (χ0n) is 8.69. The number of thioether (sulfide) groups is 1. The first-order valence-electron chi connectivity index (χ1n) is 4.44. The topological polar surface area (TPSA) is 72.0 Å². The third-order valence-corrected chi connectivity index (χ3v) is 2.30. The number of anilines is 1. The van der Waals surface area contributed by atoms with Crippen molar-refractivity contribution in [1.29, 1.82) is 10.5 Å². The number of nitriles is 2. The molecular weight excluding hydrogens is 265 g/mol. The fraction of sp³-hybridized carbons (Fsp3) is 0.100. The van der Waals surface area contributed by atoms with Crippen LogP contribution < -0.4 is 5.43 Å². The zero-order valence-corrected chi connectivity index (χ0v) is 9.51. The maximum atomic E-state index is 12.1. The highest BCUT2D eigenvalue weighted by molar-refractivity contribution is 8.00. The molecule has 1 N–H and O–H groups in total. The molecular formula is C10H5F3N4S. The van der Waals surface area contributed by atoms with Crippen molar-refractivity contribution in [2.24, 2.45) is 5.10 Å². The molecule has 0 spiro atoms. The summed E-state index contributed by atoms with van der Waals surface area (Å²) < 4.78 is 36.4. The number of rotatable bonds is 3. The van der Waals surface area contributed by atoms with Gasteiger partial charge in [0.15, 0.2) is 0 Å². The Morgan fingerprint density at radius 2 is 1.94 bits per heavy atom. The maximum Gasteiger partial charge on any atom is 0.446 e. The Morgan fingerprint density at radius 1 is 1.28 bits per heavy atom. The molecule has 18 heavy (non-hydrogen) atoms. The predicted octanol–water partition coefficient (Wildman–Crippen LogP) is 3.11. The van der Waals surface area contributed by atoms with Gasteiger partial charge in [-0.3, -0.25) is 5.43 Å². The minimum Gasteiger partial charge on any atom is -0.276 e. The molecule has 0 unspecified atom stereocenters. The van der Waals surface area contributed by atoms with Gasteiger partial charge in [-0.15, -0.1) is 0 Å². The van der Waals surface area contributed by atoms with Crippen molar-refractivity contribution in [3.63, 3.8) is 0 Å². The molecule has 0 aliphatic carbocycles. The molecule has 1 rings (SSSR count). The van der Waals surface area contributed by atoms with Gasteiger partial charge in [0.25, 0.3) is 0 Å². The molecule has 0 aromatic heterocycles. The predicted molar refractivity (Wildman–Crippen MR) is 60.6 cm³/mol. The Morgan fingerprint density at radius 3 is 2.50 bits per heavy atom. The number of benzene rings is 1. The highest BCUT2D eigenvalue weighted by Gasteiger charge is 2.29. The minimum absolute atomic E-state index is 0.0156. The molecule has 0 atom stereocenters. The lowest BCUT2D eigenvalue weighted by Gasteiger charge is -2.06. The van der Waals surface area contributed by atoms with Crippen molar-refractivity contribution in [2.45, 2.75) is 10.4 Å². The third-order valence-electron chi connectivity index (χ3n) is 1.58. The SMILES string of the molecule is N#CC(C#N)=NNc1cccc(SC(F)(F)F)c1. The molecule has 0 aliphatic rings. The van der Waals surface area contributed by atoms with Crippen molar-refractivity contribution in [3.8, 4) is 12.1 Å². The van der Waals surface area contributed by atoms with Gasteiger partial charge in [-0.25, -0.2) is 0 Å². The van der Waals surface area contributed by atoms with Crippen LogP contribution in [0.15, 0.2) is 34.3 Å². The zero-order chi connectivity index (χ0) is 13.6. The van der Waals surface area contributed by atoms with Crippen molar-refractivity contribution in [1.82, 2.24) is 0 Å². The van der Waals surface area contributed by atoms with Crippen LogP contribution >= 0.6 is 11.8 Å². The lowest BCUT2D eigenvalue weighted by atomic mass is 10.3. The summed E-state index contributed by atoms with van der Waals surface area (Å²) in [5.41, 5.74) is -2.19. The van der Waals surface area contributed by atoms with Gasteiger partial charge in [0.2, 0.25) is 5.71 Å². The number of hydrazone groups is 1. The second-order valence-corrected chi connectivity index (χ2v) is 4.01. The average Bonchev–Trinajstić information content (AvgIpc) is 2.28. The van der Waals surface area contributed by atoms with Gasteiger partial charge in [-0.05, 0) is 30.0 Å². The summed E-state index contributed by atoms with van der Waals surface area (Å²) in [5.74, 6) is 0. The molecule has 1 aromatic rings. The summed E-state index contributed by atoms with van der Waals surface area (Å²) in [6.45, 7) is 0. The molecule has 8 heteroatoms. The van der Waals surface area contributed by atoms with Gasteiger partial charge in [0.05, 0.1) is 5.69 Å². The van der Waals surface area contributed by atoms with Gasteiger partial charge in [0, 0.05) is 4.90 Å². The standard InChI is InChI=1S/C10H5F3N4S/c11-10(12,13)18-9-3-1-2-7(4-9)16-17-8(5-14)6-15/h1-4,16H. The maximum absolute atomic E-state index is 12.1. The molecule has 4 nitrogen and oxygen atoms in total. The molecule has 0 radical (unpaired) electrons. The summed E-state index contributed by atoms with van der Waals surface area (Å²) in [6.07, 6.45) is 0. The normalized spacial score (nSPS) is 10.1. The number of hydrogen-bond acceptors (Lipinski definition) is 5. The molecule has 0 amide bonds. The Kier molecular flexibility index (Phi) is 4.58. The van der Waals surface area contributed by atoms with Crippen LogP contribution in [0, 0.1) is 22.7 Å². The van der Waals surface area contributed by atoms with Gasteiger partial charge in [-0.1, -0.05) is 6.07 Å². The number of nitrogens with zero attached hydrogens (tertiary/aromatic N) is 3. The van der Waals surface area contributed by atoms with Crippen LogP contribution in [0.25, 0.3) is 0 Å². The van der Waals surface area contributed by atoms with E-state index >= 15 is 0 Å². The highest BCUT2D eigenvalue weighted by atomic mass is 32.2. The van der Waals surface area contributed by atoms with E-state index in [0.29, 0.717) is 0 Å². The fourth-order valence-corrected chi connectivity index (χ4v) is 1.56. The molecule has 92 valence electrons. The van der Waals surface area contributed by atoms with E-state index in [9.17, 15) is 13.2 Å². The van der Waals surface area contributed by atoms with E-state index in [1.54, 1.807) is 0 Å². The van der Waals surface area contributed by atoms with Crippen LogP contribution in [0.3, 0.4) is 0 Å². The van der Waals surface area contributed by atoms with Crippen LogP contribution in [0.1, 0.15) is 0 Å². The summed E-state index contributed by atoms with van der Waals surface area (Å²) >= 11 is -0.258. The van der Waals surface area contributed by atoms with E-state index in [1.165, 1.54) is 36.4 Å². The number of hydrogen-bond donors (Lipinski definition) is 1. The molecule has 0 saturated carbocycles. The van der Waals surface area contributed by atoms with Crippen molar-refractivity contribution in [3.05, 3.63) is 24.3 Å². The van der Waals surface area contributed by atoms with Crippen LogP contribution in [0.5, 0.6) is 0 Å². The average molecular weight is 270 g/mol. The van der Waals surface area contributed by atoms with Crippen LogP contribution in [-0.4, -0.2) is 11.2 Å². The summed E-state index contributed by atoms with van der Waals surface area (Å²) in [6, 6.07) is 8.42. The Bertz CT molecular complexity index is 523. The van der Waals surface area contributed by atoms with E-state index in [-0.39, 0.29) is 22.3 Å². The van der Waals surface area contributed by atoms with Crippen molar-refractivity contribution in [2.75, 3.05) is 5.43 Å². The van der Waals surface area contributed by atoms with E-state index in [2.05, 4.69) is 10.5 Å². The van der Waals surface area contributed by atoms with E-state index in [1.807, 2.05) is 0 Å². The van der Waals surface area contributed by atoms with Gasteiger partial charge < -0.3 is 0 Å². The van der Waals surface area contributed by atoms with Gasteiger partial charge >= 0.3 is 5.51 Å². The second kappa shape index (κ2) is 5.94. The summed E-state index contributed by atoms with van der Waals surface area (Å²) in [7, 11) is 0. The summed E-state index contributed by atoms with van der Waals surface area (Å²) in [5, 5.41) is 20.3. The molecule has 0 saturated heterocycles. The van der Waals surface area contributed by atoms with Gasteiger partial charge in [0.1, 0.15) is 12.1 Å². The third kappa shape index (κ3) is 4.76. The minimum atomic E-state index is -4.37. The molecule has 0 aliphatic heterocycles. The number of alkyl halides is 3. The smallest absolute Gasteiger partial charge is 0.276 e. The Hall–Kier alpha value is -2.19. The number of nitrogens with one attached hydrogen (secondary N) is 1. The van der Waals surface area contributed by atoms with E-state index < -0.39 is 11.2 Å². The van der Waals surface area contributed by atoms with Crippen LogP contribution in [-0.2, 0) is 0 Å². The lowest BCUT2D eigenvalue weighted by molar-refractivity contribution is -0.0328. The number of halogens is 3. The molecule has 0 bridgehead atoms. The monoisotopic (exact) mass is 270 g/mol. The highest BCUT2D eigenvalue weighted by Crippen LogP contribution is 2.37. The lowest BCUT2D eigenvalue weighted by Crippen LogP contribution is -2.00. The molecule has 0 heterocycles. The van der Waals surface area contributed by atoms with Gasteiger partial charge in [-0.2, -0.15) is 28.8 Å². The Balaban J connectivity index is 2.81. The van der Waals surface area contributed by atoms with Crippen molar-refractivity contribution >= 4 is 23.2 Å². The largest absolute Gasteiger partial charge is 0.446 e. The van der Waals surface area contributed by atoms with Crippen molar-refractivity contribution < 1.29 is 13.2 Å². The first-order valence-corrected chi connectivity index (χ1v) is 5.26. The molecule has 0 fully saturated rings. The van der Waals surface area contributed by atoms with E-state index in [4.69, 9.17) is 10.5 Å². The first-order chi connectivity index (χ1) is 8.44. The quantitative estimate of drug-likeness (QED) is 0.520. The van der Waals surface area contributed by atoms with E-state index in [0.717, 1.165) is 0 Å².